The van der Waals surface area contributed by atoms with Gasteiger partial charge in [0.15, 0.2) is 4.90 Å². The van der Waals surface area contributed by atoms with Gasteiger partial charge in [0.25, 0.3) is 5.56 Å². The van der Waals surface area contributed by atoms with Crippen molar-refractivity contribution in [2.45, 2.75) is 11.3 Å². The second-order valence-electron chi connectivity index (χ2n) is 5.54. The Kier molecular flexibility index (Phi) is 3.92. The molecule has 4 nitrogen and oxygen atoms in total. The molecule has 0 unspecified atom stereocenters. The van der Waals surface area contributed by atoms with Gasteiger partial charge < -0.3 is 4.55 Å². The van der Waals surface area contributed by atoms with E-state index in [1.165, 1.54) is 4.68 Å². The molecule has 1 atom stereocenters. The molecule has 120 valence electrons. The summed E-state index contributed by atoms with van der Waals surface area (Å²) in [6.07, 6.45) is 0.570. The van der Waals surface area contributed by atoms with Crippen molar-refractivity contribution in [3.63, 3.8) is 0 Å². The van der Waals surface area contributed by atoms with Crippen LogP contribution in [-0.2, 0) is 17.6 Å². The summed E-state index contributed by atoms with van der Waals surface area (Å²) in [6, 6.07) is 16.1. The predicted octanol–water partition coefficient (Wildman–Crippen LogP) is 3.22. The highest BCUT2D eigenvalue weighted by Gasteiger charge is 2.25. The number of hydrogen-bond donors (Lipinski definition) is 0. The number of fused-ring (bicyclic) bond motifs is 3. The lowest BCUT2D eigenvalue weighted by atomic mass is 10.1. The van der Waals surface area contributed by atoms with Crippen molar-refractivity contribution in [1.29, 1.82) is 0 Å². The maximum atomic E-state index is 12.5. The van der Waals surface area contributed by atoms with E-state index in [9.17, 15) is 9.35 Å². The first-order valence-corrected chi connectivity index (χ1v) is 9.20. The van der Waals surface area contributed by atoms with E-state index in [2.05, 4.69) is 5.10 Å². The molecule has 2 heterocycles. The third-order valence-corrected chi connectivity index (χ3v) is 5.70. The Morgan fingerprint density at radius 1 is 1.12 bits per heavy atom. The molecule has 3 aromatic rings. The lowest BCUT2D eigenvalue weighted by Crippen LogP contribution is -2.22. The minimum atomic E-state index is -1.09. The number of halogens is 1. The first-order valence-electron chi connectivity index (χ1n) is 7.50. The van der Waals surface area contributed by atoms with Gasteiger partial charge in [0.1, 0.15) is 5.75 Å². The Bertz CT molecular complexity index is 969. The maximum Gasteiger partial charge on any atom is 0.271 e. The average molecular weight is 357 g/mol. The zero-order valence-electron chi connectivity index (χ0n) is 12.6. The molecule has 2 aromatic carbocycles. The lowest BCUT2D eigenvalue weighted by molar-refractivity contribution is 0.595. The standard InChI is InChI=1S/C18H13ClN2O2S/c19-13-5-7-14(8-6-13)21-17(22)11-12-9-10-24(23)16-4-2-1-3-15(16)18(12)20-21/h1-8,11H,9-10H2/t24-/m0/s1. The van der Waals surface area contributed by atoms with Crippen LogP contribution in [0.3, 0.4) is 0 Å². The third-order valence-electron chi connectivity index (χ3n) is 4.03. The monoisotopic (exact) mass is 356 g/mol. The second kappa shape index (κ2) is 6.09. The summed E-state index contributed by atoms with van der Waals surface area (Å²) in [7, 11) is 0. The van der Waals surface area contributed by atoms with Crippen molar-refractivity contribution in [2.24, 2.45) is 0 Å². The molecule has 1 aliphatic rings. The van der Waals surface area contributed by atoms with Crippen molar-refractivity contribution in [1.82, 2.24) is 9.78 Å². The zero-order chi connectivity index (χ0) is 16.7. The minimum absolute atomic E-state index is 0.207. The topological polar surface area (TPSA) is 58.0 Å². The van der Waals surface area contributed by atoms with Gasteiger partial charge in [0.05, 0.1) is 16.9 Å². The fraction of sp³-hybridized carbons (Fsp3) is 0.111. The minimum Gasteiger partial charge on any atom is -0.611 e. The van der Waals surface area contributed by atoms with Crippen LogP contribution in [0.15, 0.2) is 64.3 Å². The average Bonchev–Trinajstić information content (AvgIpc) is 2.73. The molecule has 0 aliphatic carbocycles. The first kappa shape index (κ1) is 15.4. The number of hydrogen-bond acceptors (Lipinski definition) is 3. The highest BCUT2D eigenvalue weighted by atomic mass is 35.5. The molecule has 4 rings (SSSR count). The van der Waals surface area contributed by atoms with E-state index in [1.54, 1.807) is 30.3 Å². The van der Waals surface area contributed by atoms with Crippen LogP contribution in [0.5, 0.6) is 0 Å². The van der Waals surface area contributed by atoms with Crippen LogP contribution in [0, 0.1) is 0 Å². The van der Waals surface area contributed by atoms with E-state index < -0.39 is 11.2 Å². The summed E-state index contributed by atoms with van der Waals surface area (Å²) in [4.78, 5) is 13.2. The van der Waals surface area contributed by atoms with Crippen LogP contribution < -0.4 is 5.56 Å². The second-order valence-corrected chi connectivity index (χ2v) is 7.52. The summed E-state index contributed by atoms with van der Waals surface area (Å²) >= 11 is 4.83. The summed E-state index contributed by atoms with van der Waals surface area (Å²) in [6.45, 7) is 0. The normalized spacial score (nSPS) is 16.2. The molecule has 0 radical (unpaired) electrons. The zero-order valence-corrected chi connectivity index (χ0v) is 14.2. The smallest absolute Gasteiger partial charge is 0.271 e. The molecule has 0 bridgehead atoms. The SMILES string of the molecule is O=c1cc2c(nn1-c1ccc(Cl)cc1)-c1ccccc1[S@@+]([O-])CC2. The Labute approximate surface area is 146 Å². The van der Waals surface area contributed by atoms with E-state index in [0.29, 0.717) is 28.6 Å². The van der Waals surface area contributed by atoms with Gasteiger partial charge in [0.2, 0.25) is 0 Å². The highest BCUT2D eigenvalue weighted by molar-refractivity contribution is 7.91. The van der Waals surface area contributed by atoms with Crippen molar-refractivity contribution in [3.05, 3.63) is 75.5 Å². The van der Waals surface area contributed by atoms with Crippen molar-refractivity contribution in [3.8, 4) is 16.9 Å². The number of nitrogens with zero attached hydrogens (tertiary/aromatic N) is 2. The molecule has 1 aliphatic heterocycles. The Morgan fingerprint density at radius 2 is 1.88 bits per heavy atom. The van der Waals surface area contributed by atoms with E-state index in [-0.39, 0.29) is 5.56 Å². The number of benzene rings is 2. The van der Waals surface area contributed by atoms with Crippen LogP contribution in [0.4, 0.5) is 0 Å². The number of aromatic nitrogens is 2. The van der Waals surface area contributed by atoms with Gasteiger partial charge in [-0.15, -0.1) is 0 Å². The summed E-state index contributed by atoms with van der Waals surface area (Å²) in [5.74, 6) is 0.496. The summed E-state index contributed by atoms with van der Waals surface area (Å²) in [5.41, 5.74) is 2.82. The van der Waals surface area contributed by atoms with E-state index >= 15 is 0 Å². The first-order chi connectivity index (χ1) is 11.6. The maximum absolute atomic E-state index is 12.5. The Morgan fingerprint density at radius 3 is 2.67 bits per heavy atom. The molecule has 0 fully saturated rings. The molecule has 6 heteroatoms. The fourth-order valence-corrected chi connectivity index (χ4v) is 4.24. The van der Waals surface area contributed by atoms with Gasteiger partial charge in [-0.25, -0.2) is 0 Å². The molecule has 1 aromatic heterocycles. The molecular weight excluding hydrogens is 344 g/mol. The lowest BCUT2D eigenvalue weighted by Gasteiger charge is -2.11. The highest BCUT2D eigenvalue weighted by Crippen LogP contribution is 2.32. The molecule has 0 spiro atoms. The van der Waals surface area contributed by atoms with Crippen LogP contribution in [0.2, 0.25) is 5.02 Å². The molecule has 0 amide bonds. The van der Waals surface area contributed by atoms with Crippen LogP contribution >= 0.6 is 11.6 Å². The van der Waals surface area contributed by atoms with Crippen molar-refractivity contribution < 1.29 is 4.55 Å². The fourth-order valence-electron chi connectivity index (χ4n) is 2.85. The van der Waals surface area contributed by atoms with Gasteiger partial charge in [-0.3, -0.25) is 4.79 Å². The molecule has 0 saturated heterocycles. The van der Waals surface area contributed by atoms with E-state index in [1.807, 2.05) is 24.3 Å². The van der Waals surface area contributed by atoms with Gasteiger partial charge >= 0.3 is 0 Å². The van der Waals surface area contributed by atoms with E-state index in [4.69, 9.17) is 11.6 Å². The van der Waals surface area contributed by atoms with Crippen molar-refractivity contribution in [2.75, 3.05) is 5.75 Å². The Balaban J connectivity index is 1.96. The van der Waals surface area contributed by atoms with E-state index in [0.717, 1.165) is 16.0 Å². The van der Waals surface area contributed by atoms with Crippen LogP contribution in [-0.4, -0.2) is 20.1 Å². The summed E-state index contributed by atoms with van der Waals surface area (Å²) < 4.78 is 13.8. The molecular formula is C18H13ClN2O2S. The van der Waals surface area contributed by atoms with Crippen molar-refractivity contribution >= 4 is 22.8 Å². The van der Waals surface area contributed by atoms with Gasteiger partial charge in [0, 0.05) is 17.5 Å². The summed E-state index contributed by atoms with van der Waals surface area (Å²) in [5, 5.41) is 5.17. The predicted molar refractivity (Wildman–Crippen MR) is 95.3 cm³/mol. The quantitative estimate of drug-likeness (QED) is 0.629. The van der Waals surface area contributed by atoms with Gasteiger partial charge in [-0.2, -0.15) is 9.78 Å². The number of rotatable bonds is 1. The molecule has 0 N–H and O–H groups in total. The van der Waals surface area contributed by atoms with Crippen LogP contribution in [0.25, 0.3) is 16.9 Å². The van der Waals surface area contributed by atoms with Crippen LogP contribution in [0.1, 0.15) is 5.56 Å². The van der Waals surface area contributed by atoms with Gasteiger partial charge in [-0.05, 0) is 53.1 Å². The molecule has 0 saturated carbocycles. The van der Waals surface area contributed by atoms with Gasteiger partial charge in [-0.1, -0.05) is 23.7 Å². The number of aryl methyl sites for hydroxylation is 1. The Hall–Kier alpha value is -2.08. The molecule has 24 heavy (non-hydrogen) atoms. The third kappa shape index (κ3) is 2.65. The largest absolute Gasteiger partial charge is 0.611 e.